The monoisotopic (exact) mass is 287 g/mol. The summed E-state index contributed by atoms with van der Waals surface area (Å²) in [5.41, 5.74) is 2.25. The number of aliphatic hydroxyl groups is 1. The van der Waals surface area contributed by atoms with Crippen LogP contribution in [-0.2, 0) is 9.59 Å². The van der Waals surface area contributed by atoms with Crippen LogP contribution in [0.1, 0.15) is 18.2 Å². The average Bonchev–Trinajstić information content (AvgIpc) is 2.48. The fraction of sp³-hybridized carbons (Fsp3) is 0.333. The number of nitrogens with zero attached hydrogens (tertiary/aromatic N) is 2. The third-order valence-electron chi connectivity index (χ3n) is 3.08. The number of aryl methyl sites for hydroxylation is 1. The number of carbonyl (C=O) groups is 2. The van der Waals surface area contributed by atoms with Gasteiger partial charge in [0, 0.05) is 23.5 Å². The predicted octanol–water partition coefficient (Wildman–Crippen LogP) is 0.185. The largest absolute Gasteiger partial charge is 0.394 e. The molecular weight excluding hydrogens is 270 g/mol. The van der Waals surface area contributed by atoms with Crippen LogP contribution in [0.4, 0.5) is 0 Å². The van der Waals surface area contributed by atoms with E-state index in [4.69, 9.17) is 5.11 Å². The Kier molecular flexibility index (Phi) is 4.59. The normalized spacial score (nSPS) is 16.0. The summed E-state index contributed by atoms with van der Waals surface area (Å²) in [5.74, 6) is -0.824. The van der Waals surface area contributed by atoms with Gasteiger partial charge in [0.2, 0.25) is 0 Å². The van der Waals surface area contributed by atoms with Crippen LogP contribution in [-0.4, -0.2) is 46.7 Å². The minimum absolute atomic E-state index is 0.0564. The number of Topliss-reactive ketones (excluding diaryl/α,β-unsaturated/α-hetero) is 1. The summed E-state index contributed by atoms with van der Waals surface area (Å²) in [6, 6.07) is 3.28. The summed E-state index contributed by atoms with van der Waals surface area (Å²) in [5, 5.41) is 11.5. The molecule has 21 heavy (non-hydrogen) atoms. The number of rotatable bonds is 4. The number of carbonyl (C=O) groups excluding carboxylic acids is 2. The Bertz CT molecular complexity index is 618. The van der Waals surface area contributed by atoms with Crippen molar-refractivity contribution < 1.29 is 14.7 Å². The topological polar surface area (TPSA) is 91.7 Å². The van der Waals surface area contributed by atoms with Gasteiger partial charge in [-0.15, -0.1) is 0 Å². The third kappa shape index (κ3) is 3.61. The summed E-state index contributed by atoms with van der Waals surface area (Å²) >= 11 is 0. The van der Waals surface area contributed by atoms with Crippen LogP contribution >= 0.6 is 0 Å². The van der Waals surface area contributed by atoms with Crippen molar-refractivity contribution in [1.82, 2.24) is 10.3 Å². The molecule has 0 aromatic carbocycles. The van der Waals surface area contributed by atoms with Gasteiger partial charge >= 0.3 is 0 Å². The van der Waals surface area contributed by atoms with Crippen LogP contribution < -0.4 is 5.32 Å². The van der Waals surface area contributed by atoms with Gasteiger partial charge in [-0.25, -0.2) is 0 Å². The summed E-state index contributed by atoms with van der Waals surface area (Å²) in [7, 11) is 0. The molecule has 110 valence electrons. The van der Waals surface area contributed by atoms with E-state index >= 15 is 0 Å². The van der Waals surface area contributed by atoms with Crippen molar-refractivity contribution >= 4 is 17.4 Å². The first-order valence-corrected chi connectivity index (χ1v) is 6.65. The van der Waals surface area contributed by atoms with Gasteiger partial charge in [-0.3, -0.25) is 19.6 Å². The highest BCUT2D eigenvalue weighted by molar-refractivity contribution is 6.27. The maximum Gasteiger partial charge on any atom is 0.255 e. The first kappa shape index (κ1) is 15.1. The highest BCUT2D eigenvalue weighted by Crippen LogP contribution is 2.11. The smallest absolute Gasteiger partial charge is 0.255 e. The first-order chi connectivity index (χ1) is 10.0. The number of amides is 1. The number of aromatic nitrogens is 1. The van der Waals surface area contributed by atoms with Crippen LogP contribution in [0.5, 0.6) is 0 Å². The summed E-state index contributed by atoms with van der Waals surface area (Å²) in [6.45, 7) is 3.29. The molecule has 0 radical (unpaired) electrons. The zero-order valence-corrected chi connectivity index (χ0v) is 12.0. The van der Waals surface area contributed by atoms with Gasteiger partial charge in [0.05, 0.1) is 17.9 Å². The molecule has 1 atom stereocenters. The molecule has 2 heterocycles. The Morgan fingerprint density at radius 2 is 2.24 bits per heavy atom. The Hall–Kier alpha value is -2.34. The molecule has 0 unspecified atom stereocenters. The van der Waals surface area contributed by atoms with Crippen LogP contribution in [0.25, 0.3) is 0 Å². The molecule has 0 saturated heterocycles. The van der Waals surface area contributed by atoms with E-state index in [1.165, 1.54) is 6.08 Å². The van der Waals surface area contributed by atoms with Crippen LogP contribution in [0.3, 0.4) is 0 Å². The van der Waals surface area contributed by atoms with E-state index in [0.29, 0.717) is 5.71 Å². The second-order valence-corrected chi connectivity index (χ2v) is 4.93. The van der Waals surface area contributed by atoms with Crippen molar-refractivity contribution in [1.29, 1.82) is 0 Å². The summed E-state index contributed by atoms with van der Waals surface area (Å²) in [6.07, 6.45) is 3.13. The molecule has 1 amide bonds. The van der Waals surface area contributed by atoms with Gasteiger partial charge in [-0.05, 0) is 32.1 Å². The summed E-state index contributed by atoms with van der Waals surface area (Å²) in [4.78, 5) is 32.2. The Morgan fingerprint density at radius 3 is 2.86 bits per heavy atom. The van der Waals surface area contributed by atoms with Crippen LogP contribution in [0.15, 0.2) is 35.0 Å². The minimum atomic E-state index is -0.492. The van der Waals surface area contributed by atoms with Crippen molar-refractivity contribution in [2.45, 2.75) is 19.9 Å². The van der Waals surface area contributed by atoms with Gasteiger partial charge in [0.15, 0.2) is 5.78 Å². The Labute approximate surface area is 122 Å². The average molecular weight is 287 g/mol. The number of ketones is 1. The zero-order valence-electron chi connectivity index (χ0n) is 12.0. The van der Waals surface area contributed by atoms with Crippen molar-refractivity contribution in [2.75, 3.05) is 13.2 Å². The number of aliphatic hydroxyl groups excluding tert-OH is 1. The van der Waals surface area contributed by atoms with Gasteiger partial charge in [-0.2, -0.15) is 0 Å². The van der Waals surface area contributed by atoms with E-state index < -0.39 is 11.9 Å². The highest BCUT2D eigenvalue weighted by atomic mass is 16.3. The second kappa shape index (κ2) is 6.41. The molecule has 2 N–H and O–H groups in total. The molecule has 0 aliphatic carbocycles. The van der Waals surface area contributed by atoms with Gasteiger partial charge in [0.1, 0.15) is 6.54 Å². The van der Waals surface area contributed by atoms with Gasteiger partial charge in [0.25, 0.3) is 5.91 Å². The molecule has 1 aliphatic heterocycles. The van der Waals surface area contributed by atoms with Crippen molar-refractivity contribution in [3.63, 3.8) is 0 Å². The molecular formula is C15H17N3O3. The summed E-state index contributed by atoms with van der Waals surface area (Å²) < 4.78 is 0. The van der Waals surface area contributed by atoms with Crippen molar-refractivity contribution in [3.05, 3.63) is 41.2 Å². The molecule has 1 aliphatic rings. The number of pyridine rings is 1. The lowest BCUT2D eigenvalue weighted by Crippen LogP contribution is -2.39. The zero-order chi connectivity index (χ0) is 15.4. The number of nitrogens with one attached hydrogen (secondary N) is 1. The highest BCUT2D eigenvalue weighted by Gasteiger charge is 2.23. The number of hydrogen-bond acceptors (Lipinski definition) is 5. The second-order valence-electron chi connectivity index (χ2n) is 4.93. The predicted molar refractivity (Wildman–Crippen MR) is 78.2 cm³/mol. The lowest BCUT2D eigenvalue weighted by atomic mass is 10.0. The Morgan fingerprint density at radius 1 is 1.48 bits per heavy atom. The van der Waals surface area contributed by atoms with E-state index in [1.807, 2.05) is 19.1 Å². The van der Waals surface area contributed by atoms with Crippen LogP contribution in [0.2, 0.25) is 0 Å². The number of hydrogen-bond donors (Lipinski definition) is 2. The van der Waals surface area contributed by atoms with Gasteiger partial charge < -0.3 is 10.4 Å². The van der Waals surface area contributed by atoms with Crippen molar-refractivity contribution in [2.24, 2.45) is 4.99 Å². The molecule has 6 heteroatoms. The first-order valence-electron chi connectivity index (χ1n) is 6.65. The molecule has 0 saturated carbocycles. The lowest BCUT2D eigenvalue weighted by Gasteiger charge is -2.15. The molecule has 0 spiro atoms. The van der Waals surface area contributed by atoms with E-state index in [9.17, 15) is 9.59 Å². The lowest BCUT2D eigenvalue weighted by molar-refractivity contribution is -0.122. The van der Waals surface area contributed by atoms with Gasteiger partial charge in [-0.1, -0.05) is 0 Å². The maximum absolute atomic E-state index is 12.0. The van der Waals surface area contributed by atoms with E-state index in [1.54, 1.807) is 13.1 Å². The molecule has 2 rings (SSSR count). The Balaban J connectivity index is 2.24. The number of aliphatic imine (C=N–C) groups is 1. The van der Waals surface area contributed by atoms with E-state index in [-0.39, 0.29) is 24.5 Å². The fourth-order valence-corrected chi connectivity index (χ4v) is 1.84. The van der Waals surface area contributed by atoms with E-state index in [2.05, 4.69) is 15.3 Å². The van der Waals surface area contributed by atoms with E-state index in [0.717, 1.165) is 11.3 Å². The van der Waals surface area contributed by atoms with Crippen LogP contribution in [0, 0.1) is 6.92 Å². The standard InChI is InChI=1S/C15H17N3O3/c1-9-3-4-11(6-16-9)13-5-12(14(20)7-17-13)15(21)18-10(2)8-19/h3-6,10,19H,7-8H2,1-2H3,(H,18,21)/t10-/m0/s1. The molecule has 6 nitrogen and oxygen atoms in total. The minimum Gasteiger partial charge on any atom is -0.394 e. The van der Waals surface area contributed by atoms with Crippen molar-refractivity contribution in [3.8, 4) is 0 Å². The SMILES string of the molecule is Cc1ccc(C2=NCC(=O)C(C(=O)N[C@@H](C)CO)=C2)cn1. The maximum atomic E-state index is 12.0. The molecule has 0 fully saturated rings. The number of allylic oxidation sites excluding steroid dienone is 1. The molecule has 0 bridgehead atoms. The number of dihydropyridines is 1. The fourth-order valence-electron chi connectivity index (χ4n) is 1.84. The molecule has 1 aromatic heterocycles. The molecule has 1 aromatic rings. The third-order valence-corrected chi connectivity index (χ3v) is 3.08. The quantitative estimate of drug-likeness (QED) is 0.773.